The number of benzene rings is 4. The van der Waals surface area contributed by atoms with Gasteiger partial charge in [0.2, 0.25) is 11.8 Å². The smallest absolute Gasteiger partial charge is 0.264 e. The zero-order valence-electron chi connectivity index (χ0n) is 25.8. The summed E-state index contributed by atoms with van der Waals surface area (Å²) in [4.78, 5) is 29.9. The molecule has 46 heavy (non-hydrogen) atoms. The molecule has 0 aromatic heterocycles. The Morgan fingerprint density at radius 2 is 1.50 bits per heavy atom. The first-order chi connectivity index (χ1) is 21.9. The third-order valence-corrected chi connectivity index (χ3v) is 10.3. The van der Waals surface area contributed by atoms with Gasteiger partial charge in [-0.05, 0) is 60.9 Å². The molecular weight excluding hydrogens is 709 g/mol. The fourth-order valence-corrected chi connectivity index (χ4v) is 7.14. The summed E-state index contributed by atoms with van der Waals surface area (Å²) in [7, 11) is -4.22. The summed E-state index contributed by atoms with van der Waals surface area (Å²) < 4.78 is 30.0. The van der Waals surface area contributed by atoms with Gasteiger partial charge in [-0.1, -0.05) is 113 Å². The second-order valence-corrected chi connectivity index (χ2v) is 15.0. The standard InChI is InChI=1S/C35H36BrCl2N3O4S/c1-24(2)21-39-35(43)33(19-26-9-5-4-6-10-26)40(22-30-31(37)13-8-14-32(30)38)34(42)23-41(28-12-7-11-27(36)20-28)46(44,45)29-17-15-25(3)16-18-29/h4-18,20,24,33H,19,21-23H2,1-3H3,(H,39,43)/t33-/m1/s1. The quantitative estimate of drug-likeness (QED) is 0.152. The monoisotopic (exact) mass is 743 g/mol. The Hall–Kier alpha value is -3.37. The number of rotatable bonds is 13. The van der Waals surface area contributed by atoms with Crippen molar-refractivity contribution in [3.05, 3.63) is 128 Å². The fraction of sp³-hybridized carbons (Fsp3) is 0.257. The molecule has 4 aromatic rings. The molecule has 0 unspecified atom stereocenters. The lowest BCUT2D eigenvalue weighted by Gasteiger charge is -2.34. The van der Waals surface area contributed by atoms with E-state index in [9.17, 15) is 18.0 Å². The normalized spacial score (nSPS) is 12.1. The highest BCUT2D eigenvalue weighted by Crippen LogP contribution is 2.30. The summed E-state index contributed by atoms with van der Waals surface area (Å²) in [6.07, 6.45) is 0.181. The summed E-state index contributed by atoms with van der Waals surface area (Å²) in [5.74, 6) is -0.813. The number of amides is 2. The minimum Gasteiger partial charge on any atom is -0.354 e. The van der Waals surface area contributed by atoms with E-state index in [2.05, 4.69) is 21.2 Å². The maximum absolute atomic E-state index is 14.6. The Kier molecular flexibility index (Phi) is 12.3. The first kappa shape index (κ1) is 35.5. The second-order valence-electron chi connectivity index (χ2n) is 11.4. The molecule has 0 spiro atoms. The van der Waals surface area contributed by atoms with Gasteiger partial charge >= 0.3 is 0 Å². The number of aryl methyl sites for hydroxylation is 1. The zero-order chi connectivity index (χ0) is 33.4. The minimum atomic E-state index is -4.22. The highest BCUT2D eigenvalue weighted by atomic mass is 79.9. The van der Waals surface area contributed by atoms with Crippen molar-refractivity contribution >= 4 is 66.7 Å². The maximum atomic E-state index is 14.6. The van der Waals surface area contributed by atoms with Crippen molar-refractivity contribution in [3.8, 4) is 0 Å². The molecule has 1 atom stereocenters. The summed E-state index contributed by atoms with van der Waals surface area (Å²) >= 11 is 16.6. The van der Waals surface area contributed by atoms with E-state index in [-0.39, 0.29) is 35.4 Å². The van der Waals surface area contributed by atoms with E-state index >= 15 is 0 Å². The average Bonchev–Trinajstić information content (AvgIpc) is 3.02. The third-order valence-electron chi connectivity index (χ3n) is 7.33. The molecule has 0 fully saturated rings. The molecule has 0 heterocycles. The number of carbonyl (C=O) groups is 2. The number of hydrogen-bond donors (Lipinski definition) is 1. The van der Waals surface area contributed by atoms with Gasteiger partial charge in [0, 0.05) is 39.6 Å². The van der Waals surface area contributed by atoms with Crippen LogP contribution >= 0.6 is 39.1 Å². The number of nitrogens with one attached hydrogen (secondary N) is 1. The summed E-state index contributed by atoms with van der Waals surface area (Å²) in [5.41, 5.74) is 2.45. The highest BCUT2D eigenvalue weighted by Gasteiger charge is 2.35. The van der Waals surface area contributed by atoms with E-state index in [1.54, 1.807) is 54.6 Å². The molecule has 0 aliphatic carbocycles. The fourth-order valence-electron chi connectivity index (χ4n) is 4.83. The van der Waals surface area contributed by atoms with E-state index in [1.807, 2.05) is 51.1 Å². The largest absolute Gasteiger partial charge is 0.354 e. The van der Waals surface area contributed by atoms with Gasteiger partial charge in [0.15, 0.2) is 0 Å². The summed E-state index contributed by atoms with van der Waals surface area (Å²) in [6.45, 7) is 5.50. The number of nitrogens with zero attached hydrogens (tertiary/aromatic N) is 2. The SMILES string of the molecule is Cc1ccc(S(=O)(=O)N(CC(=O)N(Cc2c(Cl)cccc2Cl)[C@H](Cc2ccccc2)C(=O)NCC(C)C)c2cccc(Br)c2)cc1. The van der Waals surface area contributed by atoms with Crippen LogP contribution in [0.25, 0.3) is 0 Å². The number of anilines is 1. The first-order valence-corrected chi connectivity index (χ1v) is 17.7. The van der Waals surface area contributed by atoms with Crippen LogP contribution in [-0.4, -0.2) is 44.3 Å². The molecule has 11 heteroatoms. The summed E-state index contributed by atoms with van der Waals surface area (Å²) in [5, 5.41) is 3.61. The molecular formula is C35H36BrCl2N3O4S. The van der Waals surface area contributed by atoms with Gasteiger partial charge in [-0.3, -0.25) is 13.9 Å². The molecule has 4 aromatic carbocycles. The minimum absolute atomic E-state index is 0.0297. The van der Waals surface area contributed by atoms with Crippen LogP contribution in [0.1, 0.15) is 30.5 Å². The van der Waals surface area contributed by atoms with Crippen LogP contribution in [0.4, 0.5) is 5.69 Å². The Morgan fingerprint density at radius 1 is 0.870 bits per heavy atom. The number of sulfonamides is 1. The van der Waals surface area contributed by atoms with Crippen molar-refractivity contribution < 1.29 is 18.0 Å². The molecule has 4 rings (SSSR count). The van der Waals surface area contributed by atoms with Crippen LogP contribution in [0.5, 0.6) is 0 Å². The van der Waals surface area contributed by atoms with Crippen LogP contribution < -0.4 is 9.62 Å². The van der Waals surface area contributed by atoms with Gasteiger partial charge in [0.1, 0.15) is 12.6 Å². The van der Waals surface area contributed by atoms with Gasteiger partial charge in [-0.2, -0.15) is 0 Å². The van der Waals surface area contributed by atoms with Crippen LogP contribution in [0, 0.1) is 12.8 Å². The zero-order valence-corrected chi connectivity index (χ0v) is 29.7. The van der Waals surface area contributed by atoms with Crippen LogP contribution in [-0.2, 0) is 32.6 Å². The number of carbonyl (C=O) groups excluding carboxylic acids is 2. The van der Waals surface area contributed by atoms with E-state index < -0.39 is 28.5 Å². The van der Waals surface area contributed by atoms with E-state index in [0.29, 0.717) is 26.6 Å². The molecule has 0 aliphatic heterocycles. The van der Waals surface area contributed by atoms with Crippen molar-refractivity contribution in [3.63, 3.8) is 0 Å². The summed E-state index contributed by atoms with van der Waals surface area (Å²) in [6, 6.07) is 26.5. The Balaban J connectivity index is 1.83. The topological polar surface area (TPSA) is 86.8 Å². The van der Waals surface area contributed by atoms with Crippen molar-refractivity contribution in [2.24, 2.45) is 5.92 Å². The van der Waals surface area contributed by atoms with Crippen LogP contribution in [0.15, 0.2) is 106 Å². The second kappa shape index (κ2) is 16.0. The average molecular weight is 746 g/mol. The lowest BCUT2D eigenvalue weighted by molar-refractivity contribution is -0.140. The van der Waals surface area contributed by atoms with Crippen molar-refractivity contribution in [2.45, 2.75) is 44.7 Å². The van der Waals surface area contributed by atoms with Gasteiger partial charge in [0.25, 0.3) is 10.0 Å². The van der Waals surface area contributed by atoms with Gasteiger partial charge in [-0.25, -0.2) is 8.42 Å². The highest BCUT2D eigenvalue weighted by molar-refractivity contribution is 9.10. The van der Waals surface area contributed by atoms with Crippen LogP contribution in [0.3, 0.4) is 0 Å². The van der Waals surface area contributed by atoms with Crippen molar-refractivity contribution in [2.75, 3.05) is 17.4 Å². The Bertz CT molecular complexity index is 1750. The molecule has 0 aliphatic rings. The van der Waals surface area contributed by atoms with Crippen molar-refractivity contribution in [1.82, 2.24) is 10.2 Å². The number of hydrogen-bond acceptors (Lipinski definition) is 4. The molecule has 2 amide bonds. The first-order valence-electron chi connectivity index (χ1n) is 14.8. The maximum Gasteiger partial charge on any atom is 0.264 e. The van der Waals surface area contributed by atoms with E-state index in [4.69, 9.17) is 23.2 Å². The molecule has 242 valence electrons. The molecule has 0 radical (unpaired) electrons. The lowest BCUT2D eigenvalue weighted by atomic mass is 10.0. The molecule has 0 bridgehead atoms. The third kappa shape index (κ3) is 9.12. The Morgan fingerprint density at radius 3 is 2.11 bits per heavy atom. The predicted molar refractivity (Wildman–Crippen MR) is 189 cm³/mol. The number of halogens is 3. The van der Waals surface area contributed by atoms with Gasteiger partial charge < -0.3 is 10.2 Å². The van der Waals surface area contributed by atoms with E-state index in [1.165, 1.54) is 17.0 Å². The lowest BCUT2D eigenvalue weighted by Crippen LogP contribution is -2.53. The van der Waals surface area contributed by atoms with Gasteiger partial charge in [0.05, 0.1) is 10.6 Å². The predicted octanol–water partition coefficient (Wildman–Crippen LogP) is 7.67. The molecule has 0 saturated heterocycles. The van der Waals surface area contributed by atoms with Gasteiger partial charge in [-0.15, -0.1) is 0 Å². The molecule has 0 saturated carbocycles. The van der Waals surface area contributed by atoms with Crippen molar-refractivity contribution in [1.29, 1.82) is 0 Å². The Labute approximate surface area is 289 Å². The molecule has 1 N–H and O–H groups in total. The van der Waals surface area contributed by atoms with E-state index in [0.717, 1.165) is 15.4 Å². The van der Waals surface area contributed by atoms with Crippen LogP contribution in [0.2, 0.25) is 10.0 Å². The molecule has 7 nitrogen and oxygen atoms in total.